The van der Waals surface area contributed by atoms with Crippen molar-refractivity contribution in [2.24, 2.45) is 13.0 Å². The van der Waals surface area contributed by atoms with Gasteiger partial charge < -0.3 is 10.5 Å². The molecule has 32 heavy (non-hydrogen) atoms. The molecule has 0 saturated carbocycles. The molecule has 2 aromatic carbocycles. The summed E-state index contributed by atoms with van der Waals surface area (Å²) in [6.07, 6.45) is 0. The summed E-state index contributed by atoms with van der Waals surface area (Å²) in [5, 5.41) is 0. The van der Waals surface area contributed by atoms with Crippen LogP contribution in [0.2, 0.25) is 0 Å². The summed E-state index contributed by atoms with van der Waals surface area (Å²) in [6, 6.07) is 16.4. The Morgan fingerprint density at radius 1 is 0.969 bits per heavy atom. The zero-order chi connectivity index (χ0) is 23.4. The molecule has 0 spiro atoms. The SMILES string of the molecule is CC(C)Cn1c(N)c(C(=O)COC(=O)c2ccc(-c3ccccc3)cc2)c(=O)n(C)c1=O. The number of benzene rings is 2. The fourth-order valence-electron chi connectivity index (χ4n) is 3.30. The fourth-order valence-corrected chi connectivity index (χ4v) is 3.30. The fraction of sp³-hybridized carbons (Fsp3) is 0.250. The average Bonchev–Trinajstić information content (AvgIpc) is 2.79. The molecule has 1 heterocycles. The van der Waals surface area contributed by atoms with Crippen molar-refractivity contribution in [1.82, 2.24) is 9.13 Å². The largest absolute Gasteiger partial charge is 0.454 e. The highest BCUT2D eigenvalue weighted by molar-refractivity contribution is 6.02. The number of nitrogens with zero attached hydrogens (tertiary/aromatic N) is 2. The molecular weight excluding hydrogens is 410 g/mol. The highest BCUT2D eigenvalue weighted by Gasteiger charge is 2.23. The Morgan fingerprint density at radius 2 is 1.56 bits per heavy atom. The lowest BCUT2D eigenvalue weighted by atomic mass is 10.0. The first-order chi connectivity index (χ1) is 15.2. The number of nitrogen functional groups attached to an aromatic ring is 1. The predicted octanol–water partition coefficient (Wildman–Crippen LogP) is 2.49. The number of nitrogens with two attached hydrogens (primary N) is 1. The van der Waals surface area contributed by atoms with E-state index in [0.29, 0.717) is 0 Å². The van der Waals surface area contributed by atoms with Gasteiger partial charge in [-0.3, -0.25) is 18.7 Å². The van der Waals surface area contributed by atoms with Crippen molar-refractivity contribution < 1.29 is 14.3 Å². The molecule has 0 amide bonds. The smallest absolute Gasteiger partial charge is 0.338 e. The van der Waals surface area contributed by atoms with E-state index in [0.717, 1.165) is 15.7 Å². The molecule has 2 N–H and O–H groups in total. The Morgan fingerprint density at radius 3 is 2.16 bits per heavy atom. The first-order valence-electron chi connectivity index (χ1n) is 10.2. The van der Waals surface area contributed by atoms with E-state index >= 15 is 0 Å². The number of hydrogen-bond donors (Lipinski definition) is 1. The minimum Gasteiger partial charge on any atom is -0.454 e. The van der Waals surface area contributed by atoms with Crippen LogP contribution in [0.1, 0.15) is 34.6 Å². The lowest BCUT2D eigenvalue weighted by Crippen LogP contribution is -2.43. The third-order valence-corrected chi connectivity index (χ3v) is 4.97. The van der Waals surface area contributed by atoms with Crippen LogP contribution in [0, 0.1) is 5.92 Å². The van der Waals surface area contributed by atoms with Gasteiger partial charge in [0.2, 0.25) is 5.78 Å². The summed E-state index contributed by atoms with van der Waals surface area (Å²) >= 11 is 0. The maximum absolute atomic E-state index is 12.7. The molecule has 0 unspecified atom stereocenters. The number of Topliss-reactive ketones (excluding diaryl/α,β-unsaturated/α-hetero) is 1. The first-order valence-corrected chi connectivity index (χ1v) is 10.2. The zero-order valence-corrected chi connectivity index (χ0v) is 18.2. The summed E-state index contributed by atoms with van der Waals surface area (Å²) in [5.74, 6) is -1.63. The van der Waals surface area contributed by atoms with Gasteiger partial charge in [-0.1, -0.05) is 56.3 Å². The van der Waals surface area contributed by atoms with Crippen molar-refractivity contribution >= 4 is 17.6 Å². The standard InChI is InChI=1S/C24H25N3O5/c1-15(2)13-27-21(25)20(22(29)26(3)24(27)31)19(28)14-32-23(30)18-11-9-17(10-12-18)16-7-5-4-6-8-16/h4-12,15H,13-14,25H2,1-3H3. The number of esters is 1. The monoisotopic (exact) mass is 435 g/mol. The van der Waals surface area contributed by atoms with E-state index in [9.17, 15) is 19.2 Å². The molecule has 0 saturated heterocycles. The van der Waals surface area contributed by atoms with Gasteiger partial charge in [-0.15, -0.1) is 0 Å². The topological polar surface area (TPSA) is 113 Å². The van der Waals surface area contributed by atoms with Gasteiger partial charge in [-0.2, -0.15) is 0 Å². The van der Waals surface area contributed by atoms with Crippen LogP contribution in [-0.4, -0.2) is 27.5 Å². The number of rotatable bonds is 7. The Labute approximate surface area is 184 Å². The molecule has 0 aliphatic heterocycles. The molecule has 0 aliphatic carbocycles. The Kier molecular flexibility index (Phi) is 6.73. The Hall–Kier alpha value is -3.94. The highest BCUT2D eigenvalue weighted by atomic mass is 16.5. The van der Waals surface area contributed by atoms with Crippen molar-refractivity contribution in [2.75, 3.05) is 12.3 Å². The second-order valence-electron chi connectivity index (χ2n) is 7.85. The summed E-state index contributed by atoms with van der Waals surface area (Å²) in [6.45, 7) is 3.33. The molecule has 0 fully saturated rings. The van der Waals surface area contributed by atoms with E-state index in [2.05, 4.69) is 0 Å². The predicted molar refractivity (Wildman–Crippen MR) is 122 cm³/mol. The number of ketones is 1. The quantitative estimate of drug-likeness (QED) is 0.451. The van der Waals surface area contributed by atoms with E-state index in [1.165, 1.54) is 11.6 Å². The second kappa shape index (κ2) is 9.47. The summed E-state index contributed by atoms with van der Waals surface area (Å²) < 4.78 is 7.12. The molecule has 166 valence electrons. The summed E-state index contributed by atoms with van der Waals surface area (Å²) in [5.41, 5.74) is 6.40. The highest BCUT2D eigenvalue weighted by Crippen LogP contribution is 2.19. The van der Waals surface area contributed by atoms with Gasteiger partial charge in [0.25, 0.3) is 5.56 Å². The van der Waals surface area contributed by atoms with Crippen molar-refractivity contribution in [3.63, 3.8) is 0 Å². The second-order valence-corrected chi connectivity index (χ2v) is 7.85. The van der Waals surface area contributed by atoms with E-state index in [1.807, 2.05) is 44.2 Å². The van der Waals surface area contributed by atoms with Crippen LogP contribution in [-0.2, 0) is 18.3 Å². The third kappa shape index (κ3) is 4.69. The van der Waals surface area contributed by atoms with Gasteiger partial charge in [0, 0.05) is 13.6 Å². The van der Waals surface area contributed by atoms with Crippen LogP contribution < -0.4 is 17.0 Å². The van der Waals surface area contributed by atoms with Crippen LogP contribution in [0.4, 0.5) is 5.82 Å². The number of aromatic nitrogens is 2. The zero-order valence-electron chi connectivity index (χ0n) is 18.2. The first kappa shape index (κ1) is 22.7. The lowest BCUT2D eigenvalue weighted by Gasteiger charge is -2.16. The molecular formula is C24H25N3O5. The summed E-state index contributed by atoms with van der Waals surface area (Å²) in [7, 11) is 1.28. The molecule has 3 rings (SSSR count). The molecule has 8 heteroatoms. The average molecular weight is 435 g/mol. The minimum atomic E-state index is -0.819. The number of carbonyl (C=O) groups is 2. The molecule has 3 aromatic rings. The number of anilines is 1. The van der Waals surface area contributed by atoms with Crippen LogP contribution in [0.3, 0.4) is 0 Å². The van der Waals surface area contributed by atoms with Crippen LogP contribution in [0.25, 0.3) is 11.1 Å². The number of hydrogen-bond acceptors (Lipinski definition) is 6. The Bertz CT molecular complexity index is 1260. The van der Waals surface area contributed by atoms with Crippen LogP contribution in [0.15, 0.2) is 64.2 Å². The van der Waals surface area contributed by atoms with E-state index in [-0.39, 0.29) is 29.4 Å². The van der Waals surface area contributed by atoms with Gasteiger partial charge in [-0.25, -0.2) is 9.59 Å². The third-order valence-electron chi connectivity index (χ3n) is 4.97. The van der Waals surface area contributed by atoms with Gasteiger partial charge in [0.1, 0.15) is 11.4 Å². The van der Waals surface area contributed by atoms with Gasteiger partial charge in [0.15, 0.2) is 6.61 Å². The number of carbonyl (C=O) groups excluding carboxylic acids is 2. The van der Waals surface area contributed by atoms with Gasteiger partial charge in [0.05, 0.1) is 5.56 Å². The molecule has 1 aromatic heterocycles. The van der Waals surface area contributed by atoms with Crippen molar-refractivity contribution in [3.8, 4) is 11.1 Å². The van der Waals surface area contributed by atoms with Crippen molar-refractivity contribution in [2.45, 2.75) is 20.4 Å². The molecule has 8 nitrogen and oxygen atoms in total. The molecule has 0 radical (unpaired) electrons. The lowest BCUT2D eigenvalue weighted by molar-refractivity contribution is 0.0474. The maximum atomic E-state index is 12.7. The number of ether oxygens (including phenoxy) is 1. The van der Waals surface area contributed by atoms with E-state index in [4.69, 9.17) is 10.5 Å². The van der Waals surface area contributed by atoms with E-state index < -0.39 is 29.6 Å². The maximum Gasteiger partial charge on any atom is 0.338 e. The van der Waals surface area contributed by atoms with Crippen molar-refractivity contribution in [3.05, 3.63) is 86.6 Å². The molecule has 0 bridgehead atoms. The minimum absolute atomic E-state index is 0.0622. The van der Waals surface area contributed by atoms with Gasteiger partial charge in [-0.05, 0) is 29.2 Å². The Balaban J connectivity index is 1.77. The normalized spacial score (nSPS) is 10.9. The van der Waals surface area contributed by atoms with Gasteiger partial charge >= 0.3 is 11.7 Å². The van der Waals surface area contributed by atoms with Crippen molar-refractivity contribution in [1.29, 1.82) is 0 Å². The molecule has 0 aliphatic rings. The van der Waals surface area contributed by atoms with Crippen LogP contribution in [0.5, 0.6) is 0 Å². The molecule has 0 atom stereocenters. The van der Waals surface area contributed by atoms with Crippen LogP contribution >= 0.6 is 0 Å². The van der Waals surface area contributed by atoms with E-state index in [1.54, 1.807) is 24.3 Å². The summed E-state index contributed by atoms with van der Waals surface area (Å²) in [4.78, 5) is 49.9.